The van der Waals surface area contributed by atoms with Crippen molar-refractivity contribution in [1.82, 2.24) is 4.98 Å². The van der Waals surface area contributed by atoms with Gasteiger partial charge in [0.2, 0.25) is 0 Å². The third kappa shape index (κ3) is 3.61. The monoisotopic (exact) mass is 262 g/mol. The van der Waals surface area contributed by atoms with Crippen LogP contribution in [0.25, 0.3) is 0 Å². The van der Waals surface area contributed by atoms with Crippen molar-refractivity contribution in [3.05, 3.63) is 23.9 Å². The second kappa shape index (κ2) is 5.24. The molecular weight excluding hydrogens is 249 g/mol. The zero-order valence-electron chi connectivity index (χ0n) is 9.90. The number of rotatable bonds is 4. The van der Waals surface area contributed by atoms with Crippen molar-refractivity contribution in [1.29, 1.82) is 0 Å². The Balaban J connectivity index is 2.97. The summed E-state index contributed by atoms with van der Waals surface area (Å²) < 4.78 is 37.0. The van der Waals surface area contributed by atoms with Crippen LogP contribution in [0.3, 0.4) is 0 Å². The van der Waals surface area contributed by atoms with Gasteiger partial charge in [-0.1, -0.05) is 0 Å². The summed E-state index contributed by atoms with van der Waals surface area (Å²) >= 11 is 0. The number of aliphatic carboxylic acids is 1. The van der Waals surface area contributed by atoms with E-state index < -0.39 is 17.7 Å². The normalized spacial score (nSPS) is 11.7. The van der Waals surface area contributed by atoms with Gasteiger partial charge in [-0.25, -0.2) is 4.98 Å². The molecule has 0 unspecified atom stereocenters. The lowest BCUT2D eigenvalue weighted by molar-refractivity contribution is -0.138. The summed E-state index contributed by atoms with van der Waals surface area (Å²) in [4.78, 5) is 15.7. The van der Waals surface area contributed by atoms with Gasteiger partial charge in [0.1, 0.15) is 12.4 Å². The molecule has 1 rings (SSSR count). The molecule has 1 aromatic heterocycles. The van der Waals surface area contributed by atoms with Crippen LogP contribution in [0.15, 0.2) is 18.3 Å². The summed E-state index contributed by atoms with van der Waals surface area (Å²) in [6.45, 7) is 3.17. The highest BCUT2D eigenvalue weighted by Gasteiger charge is 2.31. The van der Waals surface area contributed by atoms with E-state index in [0.717, 1.165) is 6.07 Å². The molecule has 0 aliphatic rings. The van der Waals surface area contributed by atoms with Crippen molar-refractivity contribution in [3.8, 4) is 0 Å². The zero-order valence-corrected chi connectivity index (χ0v) is 9.90. The number of anilines is 1. The highest BCUT2D eigenvalue weighted by atomic mass is 19.4. The molecule has 1 N–H and O–H groups in total. The van der Waals surface area contributed by atoms with Crippen LogP contribution in [0.2, 0.25) is 0 Å². The first kappa shape index (κ1) is 14.3. The lowest BCUT2D eigenvalue weighted by Crippen LogP contribution is -2.36. The van der Waals surface area contributed by atoms with Gasteiger partial charge in [-0.15, -0.1) is 0 Å². The maximum atomic E-state index is 12.3. The van der Waals surface area contributed by atoms with Crippen LogP contribution in [0.5, 0.6) is 0 Å². The first-order valence-corrected chi connectivity index (χ1v) is 5.23. The van der Waals surface area contributed by atoms with Crippen LogP contribution in [-0.4, -0.2) is 28.6 Å². The lowest BCUT2D eigenvalue weighted by atomic mass is 10.2. The minimum absolute atomic E-state index is 0.176. The maximum Gasteiger partial charge on any atom is 0.417 e. The van der Waals surface area contributed by atoms with Crippen LogP contribution >= 0.6 is 0 Å². The maximum absolute atomic E-state index is 12.3. The van der Waals surface area contributed by atoms with E-state index >= 15 is 0 Å². The molecule has 0 bridgehead atoms. The highest BCUT2D eigenvalue weighted by Crippen LogP contribution is 2.29. The van der Waals surface area contributed by atoms with E-state index in [4.69, 9.17) is 5.11 Å². The van der Waals surface area contributed by atoms with Crippen LogP contribution in [0.1, 0.15) is 19.4 Å². The Bertz CT molecular complexity index is 415. The van der Waals surface area contributed by atoms with Gasteiger partial charge in [-0.3, -0.25) is 4.79 Å². The summed E-state index contributed by atoms with van der Waals surface area (Å²) in [6.07, 6.45) is -3.74. The largest absolute Gasteiger partial charge is 0.480 e. The number of hydrogen-bond donors (Lipinski definition) is 1. The standard InChI is InChI=1S/C11H13F3N2O2/c1-7(2)16(6-10(17)18)9-4-3-8(5-15-9)11(12,13)14/h3-5,7H,6H2,1-2H3,(H,17,18). The molecule has 0 atom stereocenters. The lowest BCUT2D eigenvalue weighted by Gasteiger charge is -2.26. The fourth-order valence-electron chi connectivity index (χ4n) is 1.40. The summed E-state index contributed by atoms with van der Waals surface area (Å²) in [7, 11) is 0. The number of carboxylic acids is 1. The Kier molecular flexibility index (Phi) is 4.15. The van der Waals surface area contributed by atoms with E-state index in [1.54, 1.807) is 13.8 Å². The fourth-order valence-corrected chi connectivity index (χ4v) is 1.40. The summed E-state index contributed by atoms with van der Waals surface area (Å²) in [6, 6.07) is 1.89. The first-order chi connectivity index (χ1) is 8.21. The Morgan fingerprint density at radius 1 is 1.44 bits per heavy atom. The quantitative estimate of drug-likeness (QED) is 0.905. The molecule has 0 fully saturated rings. The zero-order chi connectivity index (χ0) is 13.9. The van der Waals surface area contributed by atoms with Crippen molar-refractivity contribution in [2.45, 2.75) is 26.1 Å². The number of carbonyl (C=O) groups is 1. The van der Waals surface area contributed by atoms with Gasteiger partial charge >= 0.3 is 12.1 Å². The van der Waals surface area contributed by atoms with Gasteiger partial charge in [0, 0.05) is 12.2 Å². The van der Waals surface area contributed by atoms with Gasteiger partial charge in [0.05, 0.1) is 5.56 Å². The molecule has 18 heavy (non-hydrogen) atoms. The molecule has 0 radical (unpaired) electrons. The first-order valence-electron chi connectivity index (χ1n) is 5.23. The number of halogens is 3. The van der Waals surface area contributed by atoms with Crippen molar-refractivity contribution in [2.75, 3.05) is 11.4 Å². The molecule has 1 aromatic rings. The molecule has 0 spiro atoms. The Labute approximate surface area is 102 Å². The number of alkyl halides is 3. The molecule has 0 amide bonds. The van der Waals surface area contributed by atoms with Crippen molar-refractivity contribution in [2.24, 2.45) is 0 Å². The average Bonchev–Trinajstić information content (AvgIpc) is 2.24. The number of nitrogens with zero attached hydrogens (tertiary/aromatic N) is 2. The second-order valence-electron chi connectivity index (χ2n) is 4.02. The SMILES string of the molecule is CC(C)N(CC(=O)O)c1ccc(C(F)(F)F)cn1. The number of aromatic nitrogens is 1. The summed E-state index contributed by atoms with van der Waals surface area (Å²) in [5, 5.41) is 8.73. The van der Waals surface area contributed by atoms with Crippen LogP contribution in [0, 0.1) is 0 Å². The molecule has 100 valence electrons. The fraction of sp³-hybridized carbons (Fsp3) is 0.455. The van der Waals surface area contributed by atoms with E-state index in [2.05, 4.69) is 4.98 Å². The van der Waals surface area contributed by atoms with Crippen LogP contribution < -0.4 is 4.90 Å². The minimum atomic E-state index is -4.44. The van der Waals surface area contributed by atoms with E-state index in [0.29, 0.717) is 6.20 Å². The van der Waals surface area contributed by atoms with E-state index in [1.165, 1.54) is 11.0 Å². The molecule has 0 aliphatic heterocycles. The van der Waals surface area contributed by atoms with Crippen molar-refractivity contribution >= 4 is 11.8 Å². The second-order valence-corrected chi connectivity index (χ2v) is 4.02. The molecule has 0 saturated carbocycles. The van der Waals surface area contributed by atoms with E-state index in [9.17, 15) is 18.0 Å². The van der Waals surface area contributed by atoms with Crippen molar-refractivity contribution < 1.29 is 23.1 Å². The summed E-state index contributed by atoms with van der Waals surface area (Å²) in [5.41, 5.74) is -0.856. The molecular formula is C11H13F3N2O2. The average molecular weight is 262 g/mol. The Hall–Kier alpha value is -1.79. The van der Waals surface area contributed by atoms with Gasteiger partial charge in [-0.2, -0.15) is 13.2 Å². The molecule has 7 heteroatoms. The predicted molar refractivity (Wildman–Crippen MR) is 59.4 cm³/mol. The number of hydrogen-bond acceptors (Lipinski definition) is 3. The summed E-state index contributed by atoms with van der Waals surface area (Å²) in [5.74, 6) is -0.856. The highest BCUT2D eigenvalue weighted by molar-refractivity contribution is 5.73. The van der Waals surface area contributed by atoms with Crippen LogP contribution in [0.4, 0.5) is 19.0 Å². The molecule has 0 aliphatic carbocycles. The minimum Gasteiger partial charge on any atom is -0.480 e. The molecule has 0 saturated heterocycles. The Morgan fingerprint density at radius 2 is 2.06 bits per heavy atom. The topological polar surface area (TPSA) is 53.4 Å². The van der Waals surface area contributed by atoms with E-state index in [1.807, 2.05) is 0 Å². The van der Waals surface area contributed by atoms with Crippen LogP contribution in [-0.2, 0) is 11.0 Å². The predicted octanol–water partition coefficient (Wildman–Crippen LogP) is 2.40. The van der Waals surface area contributed by atoms with E-state index in [-0.39, 0.29) is 18.4 Å². The van der Waals surface area contributed by atoms with Gasteiger partial charge in [0.25, 0.3) is 0 Å². The van der Waals surface area contributed by atoms with Gasteiger partial charge in [0.15, 0.2) is 0 Å². The number of carboxylic acid groups (broad SMARTS) is 1. The Morgan fingerprint density at radius 3 is 2.39 bits per heavy atom. The number of pyridine rings is 1. The molecule has 4 nitrogen and oxygen atoms in total. The smallest absolute Gasteiger partial charge is 0.417 e. The molecule has 1 heterocycles. The van der Waals surface area contributed by atoms with Crippen molar-refractivity contribution in [3.63, 3.8) is 0 Å². The third-order valence-electron chi connectivity index (χ3n) is 2.30. The molecule has 0 aromatic carbocycles. The van der Waals surface area contributed by atoms with Gasteiger partial charge in [-0.05, 0) is 26.0 Å². The third-order valence-corrected chi connectivity index (χ3v) is 2.30. The van der Waals surface area contributed by atoms with Gasteiger partial charge < -0.3 is 10.0 Å².